The minimum atomic E-state index is -0.128. The number of benzene rings is 2. The lowest BCUT2D eigenvalue weighted by molar-refractivity contribution is 0.0994. The summed E-state index contributed by atoms with van der Waals surface area (Å²) >= 11 is 0. The first-order valence-electron chi connectivity index (χ1n) is 6.31. The van der Waals surface area contributed by atoms with Gasteiger partial charge in [0.2, 0.25) is 0 Å². The smallest absolute Gasteiger partial charge is 0.260 e. The van der Waals surface area contributed by atoms with Gasteiger partial charge in [-0.1, -0.05) is 12.1 Å². The molecule has 2 aromatic rings. The van der Waals surface area contributed by atoms with Crippen molar-refractivity contribution >= 4 is 17.3 Å². The second-order valence-corrected chi connectivity index (χ2v) is 4.60. The van der Waals surface area contributed by atoms with E-state index >= 15 is 0 Å². The van der Waals surface area contributed by atoms with Gasteiger partial charge in [0.1, 0.15) is 5.75 Å². The number of nitrogen functional groups attached to an aromatic ring is 1. The van der Waals surface area contributed by atoms with Crippen molar-refractivity contribution in [2.75, 3.05) is 24.8 Å². The topological polar surface area (TPSA) is 55.6 Å². The number of nitrogens with two attached hydrogens (primary N) is 1. The van der Waals surface area contributed by atoms with Gasteiger partial charge in [0, 0.05) is 18.4 Å². The van der Waals surface area contributed by atoms with E-state index in [-0.39, 0.29) is 5.91 Å². The Labute approximate surface area is 118 Å². The van der Waals surface area contributed by atoms with Crippen LogP contribution in [-0.4, -0.2) is 20.1 Å². The van der Waals surface area contributed by atoms with E-state index in [0.29, 0.717) is 11.3 Å². The maximum absolute atomic E-state index is 12.5. The molecule has 0 aliphatic rings. The van der Waals surface area contributed by atoms with E-state index in [4.69, 9.17) is 10.5 Å². The summed E-state index contributed by atoms with van der Waals surface area (Å²) in [5.74, 6) is 0.626. The number of ether oxygens (including phenoxy) is 1. The molecule has 0 unspecified atom stereocenters. The molecule has 0 heterocycles. The molecule has 0 saturated carbocycles. The molecule has 0 saturated heterocycles. The molecular formula is C16H18N2O2. The van der Waals surface area contributed by atoms with Crippen LogP contribution in [0.1, 0.15) is 15.9 Å². The normalized spacial score (nSPS) is 10.2. The second kappa shape index (κ2) is 5.65. The number of methoxy groups -OCH3 is 1. The first kappa shape index (κ1) is 13.9. The van der Waals surface area contributed by atoms with Crippen molar-refractivity contribution in [2.24, 2.45) is 0 Å². The van der Waals surface area contributed by atoms with Crippen LogP contribution in [0.3, 0.4) is 0 Å². The Morgan fingerprint density at radius 3 is 2.40 bits per heavy atom. The summed E-state index contributed by atoms with van der Waals surface area (Å²) in [6.45, 7) is 1.89. The number of aryl methyl sites for hydroxylation is 1. The molecule has 0 bridgehead atoms. The third kappa shape index (κ3) is 2.59. The number of amides is 1. The molecule has 1 amide bonds. The maximum atomic E-state index is 12.5. The summed E-state index contributed by atoms with van der Waals surface area (Å²) < 4.78 is 5.11. The standard InChI is InChI=1S/C16H18N2O2/c1-11-5-4-6-14(15(11)17)16(19)18(2)12-7-9-13(20-3)10-8-12/h4-10H,17H2,1-3H3. The van der Waals surface area contributed by atoms with Gasteiger partial charge >= 0.3 is 0 Å². The summed E-state index contributed by atoms with van der Waals surface area (Å²) in [5.41, 5.74) is 8.71. The molecule has 2 aromatic carbocycles. The molecule has 4 heteroatoms. The number of carbonyl (C=O) groups is 1. The lowest BCUT2D eigenvalue weighted by Crippen LogP contribution is -2.27. The van der Waals surface area contributed by atoms with Gasteiger partial charge in [0.05, 0.1) is 12.7 Å². The molecule has 2 rings (SSSR count). The monoisotopic (exact) mass is 270 g/mol. The maximum Gasteiger partial charge on any atom is 0.260 e. The molecule has 20 heavy (non-hydrogen) atoms. The van der Waals surface area contributed by atoms with Crippen LogP contribution < -0.4 is 15.4 Å². The molecule has 0 aliphatic heterocycles. The van der Waals surface area contributed by atoms with E-state index in [1.807, 2.05) is 43.3 Å². The van der Waals surface area contributed by atoms with Crippen LogP contribution in [0.4, 0.5) is 11.4 Å². The quantitative estimate of drug-likeness (QED) is 0.872. The fraction of sp³-hybridized carbons (Fsp3) is 0.188. The average Bonchev–Trinajstić information content (AvgIpc) is 2.48. The second-order valence-electron chi connectivity index (χ2n) is 4.60. The third-order valence-corrected chi connectivity index (χ3v) is 3.32. The fourth-order valence-corrected chi connectivity index (χ4v) is 1.97. The molecule has 0 fully saturated rings. The number of carbonyl (C=O) groups excluding carboxylic acids is 1. The number of rotatable bonds is 3. The Kier molecular flexibility index (Phi) is 3.94. The lowest BCUT2D eigenvalue weighted by atomic mass is 10.1. The molecule has 0 aromatic heterocycles. The van der Waals surface area contributed by atoms with Crippen LogP contribution in [-0.2, 0) is 0 Å². The summed E-state index contributed by atoms with van der Waals surface area (Å²) in [4.78, 5) is 14.1. The number of nitrogens with zero attached hydrogens (tertiary/aromatic N) is 1. The van der Waals surface area contributed by atoms with Gasteiger partial charge in [-0.25, -0.2) is 0 Å². The van der Waals surface area contributed by atoms with Crippen molar-refractivity contribution in [1.29, 1.82) is 0 Å². The largest absolute Gasteiger partial charge is 0.497 e. The Balaban J connectivity index is 2.29. The highest BCUT2D eigenvalue weighted by Gasteiger charge is 2.16. The number of anilines is 2. The zero-order valence-electron chi connectivity index (χ0n) is 11.9. The van der Waals surface area contributed by atoms with Crippen molar-refractivity contribution in [2.45, 2.75) is 6.92 Å². The van der Waals surface area contributed by atoms with Crippen molar-refractivity contribution in [3.63, 3.8) is 0 Å². The van der Waals surface area contributed by atoms with Crippen molar-refractivity contribution < 1.29 is 9.53 Å². The predicted molar refractivity (Wildman–Crippen MR) is 81.3 cm³/mol. The van der Waals surface area contributed by atoms with Gasteiger partial charge in [-0.2, -0.15) is 0 Å². The van der Waals surface area contributed by atoms with Crippen LogP contribution in [0.25, 0.3) is 0 Å². The van der Waals surface area contributed by atoms with E-state index in [1.165, 1.54) is 0 Å². The summed E-state index contributed by atoms with van der Waals surface area (Å²) in [7, 11) is 3.34. The van der Waals surface area contributed by atoms with Gasteiger partial charge < -0.3 is 15.4 Å². The first-order valence-corrected chi connectivity index (χ1v) is 6.31. The third-order valence-electron chi connectivity index (χ3n) is 3.32. The average molecular weight is 270 g/mol. The van der Waals surface area contributed by atoms with Crippen molar-refractivity contribution in [3.05, 3.63) is 53.6 Å². The number of hydrogen-bond donors (Lipinski definition) is 1. The molecule has 0 atom stereocenters. The Bertz CT molecular complexity index is 621. The molecule has 4 nitrogen and oxygen atoms in total. The lowest BCUT2D eigenvalue weighted by Gasteiger charge is -2.19. The van der Waals surface area contributed by atoms with Gasteiger partial charge in [0.25, 0.3) is 5.91 Å². The summed E-state index contributed by atoms with van der Waals surface area (Å²) in [5, 5.41) is 0. The molecule has 104 valence electrons. The molecule has 0 aliphatic carbocycles. The molecule has 0 radical (unpaired) electrons. The minimum Gasteiger partial charge on any atom is -0.497 e. The first-order chi connectivity index (χ1) is 9.54. The Morgan fingerprint density at radius 1 is 1.15 bits per heavy atom. The zero-order chi connectivity index (χ0) is 14.7. The van der Waals surface area contributed by atoms with Crippen LogP contribution in [0, 0.1) is 6.92 Å². The van der Waals surface area contributed by atoms with Crippen LogP contribution in [0.15, 0.2) is 42.5 Å². The van der Waals surface area contributed by atoms with Gasteiger partial charge in [-0.05, 0) is 42.8 Å². The Morgan fingerprint density at radius 2 is 1.80 bits per heavy atom. The minimum absolute atomic E-state index is 0.128. The van der Waals surface area contributed by atoms with Crippen molar-refractivity contribution in [3.8, 4) is 5.75 Å². The predicted octanol–water partition coefficient (Wildman–Crippen LogP) is 2.86. The van der Waals surface area contributed by atoms with Gasteiger partial charge in [-0.3, -0.25) is 4.79 Å². The van der Waals surface area contributed by atoms with E-state index < -0.39 is 0 Å². The molecule has 0 spiro atoms. The van der Waals surface area contributed by atoms with Crippen molar-refractivity contribution in [1.82, 2.24) is 0 Å². The summed E-state index contributed by atoms with van der Waals surface area (Å²) in [6, 6.07) is 12.8. The van der Waals surface area contributed by atoms with Gasteiger partial charge in [0.15, 0.2) is 0 Å². The molecular weight excluding hydrogens is 252 g/mol. The van der Waals surface area contributed by atoms with E-state index in [0.717, 1.165) is 17.0 Å². The fourth-order valence-electron chi connectivity index (χ4n) is 1.97. The zero-order valence-corrected chi connectivity index (χ0v) is 11.9. The highest BCUT2D eigenvalue weighted by atomic mass is 16.5. The highest BCUT2D eigenvalue weighted by Crippen LogP contribution is 2.23. The van der Waals surface area contributed by atoms with Crippen LogP contribution >= 0.6 is 0 Å². The molecule has 2 N–H and O–H groups in total. The van der Waals surface area contributed by atoms with E-state index in [9.17, 15) is 4.79 Å². The van der Waals surface area contributed by atoms with Crippen LogP contribution in [0.2, 0.25) is 0 Å². The van der Waals surface area contributed by atoms with Crippen LogP contribution in [0.5, 0.6) is 5.75 Å². The Hall–Kier alpha value is -2.49. The van der Waals surface area contributed by atoms with Gasteiger partial charge in [-0.15, -0.1) is 0 Å². The van der Waals surface area contributed by atoms with E-state index in [2.05, 4.69) is 0 Å². The number of hydrogen-bond acceptors (Lipinski definition) is 3. The summed E-state index contributed by atoms with van der Waals surface area (Å²) in [6.07, 6.45) is 0. The number of para-hydroxylation sites is 1. The highest BCUT2D eigenvalue weighted by molar-refractivity contribution is 6.09. The van der Waals surface area contributed by atoms with E-state index in [1.54, 1.807) is 25.1 Å². The SMILES string of the molecule is COc1ccc(N(C)C(=O)c2cccc(C)c2N)cc1.